The van der Waals surface area contributed by atoms with Gasteiger partial charge in [-0.15, -0.1) is 0 Å². The first-order valence-electron chi connectivity index (χ1n) is 6.62. The van der Waals surface area contributed by atoms with Crippen molar-refractivity contribution in [2.75, 3.05) is 11.9 Å². The third-order valence-electron chi connectivity index (χ3n) is 3.25. The van der Waals surface area contributed by atoms with Crippen LogP contribution in [-0.2, 0) is 11.2 Å². The number of nitrogens with zero attached hydrogens (tertiary/aromatic N) is 2. The van der Waals surface area contributed by atoms with E-state index in [0.717, 1.165) is 5.56 Å². The molecule has 0 saturated heterocycles. The number of carbonyl (C=O) groups excluding carboxylic acids is 1. The zero-order chi connectivity index (χ0) is 15.2. The highest BCUT2D eigenvalue weighted by molar-refractivity contribution is 6.05. The lowest BCUT2D eigenvalue weighted by molar-refractivity contribution is -0.114. The molecule has 0 N–H and O–H groups in total. The van der Waals surface area contributed by atoms with Crippen LogP contribution in [0.15, 0.2) is 66.7 Å². The van der Waals surface area contributed by atoms with Crippen LogP contribution in [0.3, 0.4) is 0 Å². The third-order valence-corrected chi connectivity index (χ3v) is 3.25. The number of amides is 1. The highest BCUT2D eigenvalue weighted by Gasteiger charge is 2.17. The average molecular weight is 276 g/mol. The van der Waals surface area contributed by atoms with Crippen LogP contribution in [0.4, 0.5) is 5.69 Å². The Kier molecular flexibility index (Phi) is 4.53. The molecule has 0 atom stereocenters. The Labute approximate surface area is 124 Å². The lowest BCUT2D eigenvalue weighted by atomic mass is 10.1. The van der Waals surface area contributed by atoms with Crippen LogP contribution in [0.1, 0.15) is 11.1 Å². The number of anilines is 1. The molecular formula is C18H16N2O. The molecule has 2 aromatic rings. The molecule has 3 heteroatoms. The van der Waals surface area contributed by atoms with Gasteiger partial charge in [0, 0.05) is 19.0 Å². The number of hydrogen-bond acceptors (Lipinski definition) is 2. The van der Waals surface area contributed by atoms with E-state index < -0.39 is 0 Å². The van der Waals surface area contributed by atoms with Gasteiger partial charge in [0.1, 0.15) is 6.07 Å². The minimum atomic E-state index is -0.179. The molecule has 0 saturated carbocycles. The Morgan fingerprint density at radius 1 is 1.14 bits per heavy atom. The van der Waals surface area contributed by atoms with Gasteiger partial charge in [-0.05, 0) is 17.7 Å². The van der Waals surface area contributed by atoms with Crippen LogP contribution in [-0.4, -0.2) is 13.0 Å². The Bertz CT molecular complexity index is 699. The van der Waals surface area contributed by atoms with Crippen LogP contribution >= 0.6 is 0 Å². The zero-order valence-corrected chi connectivity index (χ0v) is 11.9. The number of benzene rings is 2. The van der Waals surface area contributed by atoms with Gasteiger partial charge in [-0.2, -0.15) is 5.26 Å². The minimum absolute atomic E-state index is 0.179. The normalized spacial score (nSPS) is 9.71. The first kappa shape index (κ1) is 14.5. The minimum Gasteiger partial charge on any atom is -0.310 e. The Morgan fingerprint density at radius 2 is 1.76 bits per heavy atom. The second-order valence-electron chi connectivity index (χ2n) is 4.76. The topological polar surface area (TPSA) is 44.1 Å². The van der Waals surface area contributed by atoms with Crippen LogP contribution in [0.2, 0.25) is 0 Å². The van der Waals surface area contributed by atoms with Gasteiger partial charge < -0.3 is 4.90 Å². The monoisotopic (exact) mass is 276 g/mol. The average Bonchev–Trinajstić information content (AvgIpc) is 2.54. The van der Waals surface area contributed by atoms with E-state index in [1.165, 1.54) is 4.90 Å². The molecule has 104 valence electrons. The molecule has 21 heavy (non-hydrogen) atoms. The fourth-order valence-corrected chi connectivity index (χ4v) is 2.13. The number of para-hydroxylation sites is 1. The predicted molar refractivity (Wildman–Crippen MR) is 83.9 cm³/mol. The largest absolute Gasteiger partial charge is 0.310 e. The van der Waals surface area contributed by atoms with E-state index in [1.807, 2.05) is 30.3 Å². The fourth-order valence-electron chi connectivity index (χ4n) is 2.13. The number of nitriles is 1. The van der Waals surface area contributed by atoms with Crippen molar-refractivity contribution in [3.05, 3.63) is 77.9 Å². The van der Waals surface area contributed by atoms with E-state index in [-0.39, 0.29) is 5.91 Å². The summed E-state index contributed by atoms with van der Waals surface area (Å²) >= 11 is 0. The van der Waals surface area contributed by atoms with E-state index in [1.54, 1.807) is 31.3 Å². The lowest BCUT2D eigenvalue weighted by Gasteiger charge is -2.19. The second kappa shape index (κ2) is 6.53. The van der Waals surface area contributed by atoms with Crippen molar-refractivity contribution in [2.24, 2.45) is 0 Å². The van der Waals surface area contributed by atoms with Gasteiger partial charge in [0.15, 0.2) is 0 Å². The van der Waals surface area contributed by atoms with Crippen molar-refractivity contribution < 1.29 is 4.79 Å². The zero-order valence-electron chi connectivity index (χ0n) is 11.9. The van der Waals surface area contributed by atoms with Crippen molar-refractivity contribution in [3.8, 4) is 6.07 Å². The Hall–Kier alpha value is -2.86. The van der Waals surface area contributed by atoms with Gasteiger partial charge in [0.2, 0.25) is 0 Å². The van der Waals surface area contributed by atoms with Crippen LogP contribution in [0.25, 0.3) is 0 Å². The predicted octanol–water partition coefficient (Wildman–Crippen LogP) is 3.32. The van der Waals surface area contributed by atoms with Crippen LogP contribution < -0.4 is 4.90 Å². The number of hydrogen-bond donors (Lipinski definition) is 0. The van der Waals surface area contributed by atoms with Crippen molar-refractivity contribution in [1.82, 2.24) is 0 Å². The highest BCUT2D eigenvalue weighted by atomic mass is 16.2. The smallest absolute Gasteiger partial charge is 0.253 e. The molecule has 0 heterocycles. The van der Waals surface area contributed by atoms with Crippen LogP contribution in [0.5, 0.6) is 0 Å². The quantitative estimate of drug-likeness (QED) is 0.804. The molecule has 0 unspecified atom stereocenters. The summed E-state index contributed by atoms with van der Waals surface area (Å²) in [6, 6.07) is 18.8. The van der Waals surface area contributed by atoms with E-state index >= 15 is 0 Å². The number of likely N-dealkylation sites (N-methyl/N-ethyl adjacent to an activating group) is 1. The highest BCUT2D eigenvalue weighted by Crippen LogP contribution is 2.20. The van der Waals surface area contributed by atoms with Crippen molar-refractivity contribution in [1.29, 1.82) is 5.26 Å². The van der Waals surface area contributed by atoms with Crippen LogP contribution in [0, 0.1) is 11.3 Å². The number of carbonyl (C=O) groups is 1. The summed E-state index contributed by atoms with van der Waals surface area (Å²) in [4.78, 5) is 13.9. The summed E-state index contributed by atoms with van der Waals surface area (Å²) in [5, 5.41) is 9.11. The van der Waals surface area contributed by atoms with Gasteiger partial charge in [-0.25, -0.2) is 0 Å². The summed E-state index contributed by atoms with van der Waals surface area (Å²) < 4.78 is 0. The maximum absolute atomic E-state index is 12.4. The fraction of sp³-hybridized carbons (Fsp3) is 0.111. The van der Waals surface area contributed by atoms with E-state index in [9.17, 15) is 4.79 Å². The standard InChI is InChI=1S/C18H16N2O/c1-14(12-15-8-4-3-5-9-15)18(21)20(2)17-11-7-6-10-16(17)13-19/h3-11H,1,12H2,2H3. The Balaban J connectivity index is 2.16. The first-order valence-corrected chi connectivity index (χ1v) is 6.62. The van der Waals surface area contributed by atoms with Gasteiger partial charge in [-0.3, -0.25) is 4.79 Å². The lowest BCUT2D eigenvalue weighted by Crippen LogP contribution is -2.28. The summed E-state index contributed by atoms with van der Waals surface area (Å²) in [6.07, 6.45) is 0.499. The van der Waals surface area contributed by atoms with Crippen molar-refractivity contribution >= 4 is 11.6 Å². The molecule has 1 amide bonds. The molecular weight excluding hydrogens is 260 g/mol. The van der Waals surface area contributed by atoms with Gasteiger partial charge in [0.25, 0.3) is 5.91 Å². The molecule has 0 aromatic heterocycles. The summed E-state index contributed by atoms with van der Waals surface area (Å²) in [7, 11) is 1.66. The molecule has 0 aliphatic heterocycles. The molecule has 2 rings (SSSR count). The van der Waals surface area contributed by atoms with Crippen molar-refractivity contribution in [2.45, 2.75) is 6.42 Å². The maximum atomic E-state index is 12.4. The van der Waals surface area contributed by atoms with Gasteiger partial charge >= 0.3 is 0 Å². The summed E-state index contributed by atoms with van der Waals surface area (Å²) in [5.41, 5.74) is 2.61. The van der Waals surface area contributed by atoms with Gasteiger partial charge in [-0.1, -0.05) is 49.0 Å². The SMILES string of the molecule is C=C(Cc1ccccc1)C(=O)N(C)c1ccccc1C#N. The molecule has 0 spiro atoms. The van der Waals surface area contributed by atoms with E-state index in [2.05, 4.69) is 12.6 Å². The molecule has 0 radical (unpaired) electrons. The molecule has 0 aliphatic carbocycles. The van der Waals surface area contributed by atoms with E-state index in [0.29, 0.717) is 23.2 Å². The molecule has 0 fully saturated rings. The first-order chi connectivity index (χ1) is 10.1. The second-order valence-corrected chi connectivity index (χ2v) is 4.76. The Morgan fingerprint density at radius 3 is 2.43 bits per heavy atom. The number of rotatable bonds is 4. The van der Waals surface area contributed by atoms with Crippen molar-refractivity contribution in [3.63, 3.8) is 0 Å². The molecule has 2 aromatic carbocycles. The molecule has 0 bridgehead atoms. The van der Waals surface area contributed by atoms with Gasteiger partial charge in [0.05, 0.1) is 11.3 Å². The molecule has 0 aliphatic rings. The summed E-state index contributed by atoms with van der Waals surface area (Å²) in [6.45, 7) is 3.88. The summed E-state index contributed by atoms with van der Waals surface area (Å²) in [5.74, 6) is -0.179. The third kappa shape index (κ3) is 3.37. The maximum Gasteiger partial charge on any atom is 0.253 e. The van der Waals surface area contributed by atoms with E-state index in [4.69, 9.17) is 5.26 Å². The molecule has 3 nitrogen and oxygen atoms in total.